The molecule has 5 heteroatoms. The van der Waals surface area contributed by atoms with Crippen molar-refractivity contribution in [1.82, 2.24) is 10.6 Å². The zero-order chi connectivity index (χ0) is 14.9. The highest BCUT2D eigenvalue weighted by molar-refractivity contribution is 14.0. The first kappa shape index (κ1) is 19.2. The van der Waals surface area contributed by atoms with Crippen LogP contribution in [0.25, 0.3) is 0 Å². The molecule has 0 aromatic heterocycles. The van der Waals surface area contributed by atoms with Gasteiger partial charge in [0.2, 0.25) is 0 Å². The monoisotopic (exact) mass is 417 g/mol. The Balaban J connectivity index is 0.00000242. The summed E-state index contributed by atoms with van der Waals surface area (Å²) in [6, 6.07) is 8.51. The molecule has 1 aliphatic rings. The van der Waals surface area contributed by atoms with Gasteiger partial charge in [-0.25, -0.2) is 4.99 Å². The van der Waals surface area contributed by atoms with Gasteiger partial charge < -0.3 is 15.4 Å². The Kier molecular flexibility index (Phi) is 9.47. The number of halogens is 1. The lowest BCUT2D eigenvalue weighted by molar-refractivity contribution is 0.114. The zero-order valence-corrected chi connectivity index (χ0v) is 15.9. The minimum atomic E-state index is 0. The first-order valence-electron chi connectivity index (χ1n) is 8.04. The van der Waals surface area contributed by atoms with Crippen molar-refractivity contribution >= 4 is 29.9 Å². The molecule has 1 heterocycles. The fraction of sp³-hybridized carbons (Fsp3) is 0.588. The smallest absolute Gasteiger partial charge is 0.191 e. The van der Waals surface area contributed by atoms with Gasteiger partial charge in [0.1, 0.15) is 0 Å². The van der Waals surface area contributed by atoms with Crippen LogP contribution in [0.4, 0.5) is 0 Å². The summed E-state index contributed by atoms with van der Waals surface area (Å²) in [5.41, 5.74) is 2.67. The number of hydrogen-bond acceptors (Lipinski definition) is 2. The number of aliphatic imine (C=N–C) groups is 1. The molecule has 124 valence electrons. The van der Waals surface area contributed by atoms with Gasteiger partial charge in [-0.3, -0.25) is 0 Å². The number of guanidine groups is 1. The molecule has 1 atom stereocenters. The number of aryl methyl sites for hydroxylation is 1. The average Bonchev–Trinajstić information content (AvgIpc) is 3.03. The maximum atomic E-state index is 5.64. The van der Waals surface area contributed by atoms with E-state index >= 15 is 0 Å². The summed E-state index contributed by atoms with van der Waals surface area (Å²) < 4.78 is 5.64. The van der Waals surface area contributed by atoms with Crippen LogP contribution in [0, 0.1) is 0 Å². The SMILES string of the molecule is CCNC(=NCc1ccccc1CC)NCC1CCCO1.I. The molecule has 1 fully saturated rings. The molecule has 0 radical (unpaired) electrons. The van der Waals surface area contributed by atoms with Gasteiger partial charge in [0.05, 0.1) is 12.6 Å². The predicted molar refractivity (Wildman–Crippen MR) is 103 cm³/mol. The minimum absolute atomic E-state index is 0. The molecule has 1 saturated heterocycles. The van der Waals surface area contributed by atoms with Gasteiger partial charge in [-0.15, -0.1) is 24.0 Å². The van der Waals surface area contributed by atoms with Crippen molar-refractivity contribution < 1.29 is 4.74 Å². The molecule has 0 amide bonds. The van der Waals surface area contributed by atoms with E-state index in [9.17, 15) is 0 Å². The molecule has 1 aromatic rings. The Morgan fingerprint density at radius 3 is 2.64 bits per heavy atom. The summed E-state index contributed by atoms with van der Waals surface area (Å²) in [6.07, 6.45) is 3.69. The van der Waals surface area contributed by atoms with Crippen molar-refractivity contribution in [2.45, 2.75) is 45.8 Å². The van der Waals surface area contributed by atoms with E-state index in [1.165, 1.54) is 17.5 Å². The molecular weight excluding hydrogens is 389 g/mol. The van der Waals surface area contributed by atoms with Crippen LogP contribution in [-0.4, -0.2) is 31.8 Å². The molecule has 0 saturated carbocycles. The lowest BCUT2D eigenvalue weighted by atomic mass is 10.1. The summed E-state index contributed by atoms with van der Waals surface area (Å²) in [5, 5.41) is 6.68. The van der Waals surface area contributed by atoms with Crippen LogP contribution in [0.15, 0.2) is 29.3 Å². The number of nitrogens with zero attached hydrogens (tertiary/aromatic N) is 1. The Morgan fingerprint density at radius 1 is 1.23 bits per heavy atom. The Morgan fingerprint density at radius 2 is 2.00 bits per heavy atom. The Hall–Kier alpha value is -0.820. The van der Waals surface area contributed by atoms with E-state index in [4.69, 9.17) is 9.73 Å². The molecule has 1 unspecified atom stereocenters. The maximum Gasteiger partial charge on any atom is 0.191 e. The number of nitrogens with one attached hydrogen (secondary N) is 2. The third-order valence-electron chi connectivity index (χ3n) is 3.77. The molecule has 2 rings (SSSR count). The lowest BCUT2D eigenvalue weighted by Gasteiger charge is -2.15. The van der Waals surface area contributed by atoms with E-state index in [-0.39, 0.29) is 24.0 Å². The number of hydrogen-bond donors (Lipinski definition) is 2. The quantitative estimate of drug-likeness (QED) is 0.425. The molecule has 1 aliphatic heterocycles. The highest BCUT2D eigenvalue weighted by Gasteiger charge is 2.15. The second kappa shape index (κ2) is 10.8. The molecule has 2 N–H and O–H groups in total. The van der Waals surface area contributed by atoms with Crippen molar-refractivity contribution in [1.29, 1.82) is 0 Å². The molecule has 0 bridgehead atoms. The van der Waals surface area contributed by atoms with Crippen LogP contribution in [0.2, 0.25) is 0 Å². The van der Waals surface area contributed by atoms with Crippen LogP contribution in [0.3, 0.4) is 0 Å². The van der Waals surface area contributed by atoms with E-state index in [0.717, 1.165) is 38.5 Å². The van der Waals surface area contributed by atoms with Crippen LogP contribution in [0.1, 0.15) is 37.8 Å². The van der Waals surface area contributed by atoms with Gasteiger partial charge in [0, 0.05) is 19.7 Å². The third-order valence-corrected chi connectivity index (χ3v) is 3.77. The first-order valence-corrected chi connectivity index (χ1v) is 8.04. The minimum Gasteiger partial charge on any atom is -0.376 e. The van der Waals surface area contributed by atoms with E-state index < -0.39 is 0 Å². The van der Waals surface area contributed by atoms with Crippen LogP contribution in [0.5, 0.6) is 0 Å². The third kappa shape index (κ3) is 6.12. The van der Waals surface area contributed by atoms with Crippen molar-refractivity contribution in [3.8, 4) is 0 Å². The van der Waals surface area contributed by atoms with Crippen molar-refractivity contribution in [2.24, 2.45) is 4.99 Å². The van der Waals surface area contributed by atoms with Gasteiger partial charge in [0.15, 0.2) is 5.96 Å². The van der Waals surface area contributed by atoms with Gasteiger partial charge in [0.25, 0.3) is 0 Å². The molecule has 0 spiro atoms. The summed E-state index contributed by atoms with van der Waals surface area (Å²) in [5.74, 6) is 0.874. The largest absolute Gasteiger partial charge is 0.376 e. The van der Waals surface area contributed by atoms with E-state index in [1.807, 2.05) is 0 Å². The van der Waals surface area contributed by atoms with Gasteiger partial charge in [-0.05, 0) is 37.3 Å². The Labute approximate surface area is 151 Å². The summed E-state index contributed by atoms with van der Waals surface area (Å²) >= 11 is 0. The van der Waals surface area contributed by atoms with Gasteiger partial charge in [-0.2, -0.15) is 0 Å². The average molecular weight is 417 g/mol. The fourth-order valence-electron chi connectivity index (χ4n) is 2.58. The van der Waals surface area contributed by atoms with Gasteiger partial charge >= 0.3 is 0 Å². The standard InChI is InChI=1S/C17H27N3O.HI/c1-3-14-8-5-6-9-15(14)12-19-17(18-4-2)20-13-16-10-7-11-21-16;/h5-6,8-9,16H,3-4,7,10-13H2,1-2H3,(H2,18,19,20);1H. The molecule has 0 aliphatic carbocycles. The maximum absolute atomic E-state index is 5.64. The second-order valence-electron chi connectivity index (χ2n) is 5.33. The van der Waals surface area contributed by atoms with Crippen molar-refractivity contribution in [3.05, 3.63) is 35.4 Å². The first-order chi connectivity index (χ1) is 10.3. The molecule has 22 heavy (non-hydrogen) atoms. The van der Waals surface area contributed by atoms with Crippen molar-refractivity contribution in [3.63, 3.8) is 0 Å². The van der Waals surface area contributed by atoms with Crippen molar-refractivity contribution in [2.75, 3.05) is 19.7 Å². The highest BCUT2D eigenvalue weighted by atomic mass is 127. The normalized spacial score (nSPS) is 17.9. The fourth-order valence-corrected chi connectivity index (χ4v) is 2.58. The molecule has 1 aromatic carbocycles. The number of benzene rings is 1. The predicted octanol–water partition coefficient (Wildman–Crippen LogP) is 3.10. The van der Waals surface area contributed by atoms with Crippen LogP contribution < -0.4 is 10.6 Å². The second-order valence-corrected chi connectivity index (χ2v) is 5.33. The van der Waals surface area contributed by atoms with E-state index in [2.05, 4.69) is 48.7 Å². The Bertz CT molecular complexity index is 459. The van der Waals surface area contributed by atoms with E-state index in [1.54, 1.807) is 0 Å². The number of rotatable bonds is 6. The lowest BCUT2D eigenvalue weighted by Crippen LogP contribution is -2.41. The molecule has 4 nitrogen and oxygen atoms in total. The summed E-state index contributed by atoms with van der Waals surface area (Å²) in [4.78, 5) is 4.69. The van der Waals surface area contributed by atoms with Gasteiger partial charge in [-0.1, -0.05) is 31.2 Å². The highest BCUT2D eigenvalue weighted by Crippen LogP contribution is 2.11. The van der Waals surface area contributed by atoms with Crippen LogP contribution >= 0.6 is 24.0 Å². The summed E-state index contributed by atoms with van der Waals surface area (Å²) in [6.45, 7) is 7.58. The zero-order valence-electron chi connectivity index (χ0n) is 13.6. The van der Waals surface area contributed by atoms with E-state index in [0.29, 0.717) is 12.6 Å². The number of ether oxygens (including phenoxy) is 1. The summed E-state index contributed by atoms with van der Waals surface area (Å²) in [7, 11) is 0. The topological polar surface area (TPSA) is 45.7 Å². The molecular formula is C17H28IN3O. The van der Waals surface area contributed by atoms with Crippen LogP contribution in [-0.2, 0) is 17.7 Å².